The summed E-state index contributed by atoms with van der Waals surface area (Å²) in [6.07, 6.45) is 7.34. The molecule has 0 nitrogen and oxygen atoms in total. The van der Waals surface area contributed by atoms with E-state index in [0.717, 1.165) is 0 Å². The molecule has 0 saturated heterocycles. The number of rotatable bonds is 0. The van der Waals surface area contributed by atoms with Crippen molar-refractivity contribution in [3.05, 3.63) is 66.1 Å². The van der Waals surface area contributed by atoms with Gasteiger partial charge in [0.05, 0.1) is 0 Å². The third-order valence-electron chi connectivity index (χ3n) is 2.44. The van der Waals surface area contributed by atoms with Crippen LogP contribution in [0.15, 0.2) is 42.5 Å². The molecule has 3 rings (SSSR count). The first-order valence-electron chi connectivity index (χ1n) is 4.40. The first-order chi connectivity index (χ1) is 6.45. The highest BCUT2D eigenvalue weighted by molar-refractivity contribution is 5.92. The van der Waals surface area contributed by atoms with E-state index in [0.29, 0.717) is 0 Å². The maximum absolute atomic E-state index is 3.25. The Bertz CT molecular complexity index is 487. The lowest BCUT2D eigenvalue weighted by Gasteiger charge is -2.10. The fourth-order valence-electron chi connectivity index (χ4n) is 1.85. The molecule has 13 heavy (non-hydrogen) atoms. The Morgan fingerprint density at radius 1 is 0.923 bits per heavy atom. The minimum Gasteiger partial charge on any atom is -0.0675 e. The molecule has 2 aromatic carbocycles. The van der Waals surface area contributed by atoms with Gasteiger partial charge in [0.15, 0.2) is 0 Å². The van der Waals surface area contributed by atoms with Crippen LogP contribution >= 0.6 is 0 Å². The maximum atomic E-state index is 3.25. The van der Waals surface area contributed by atoms with E-state index in [2.05, 4.69) is 48.9 Å². The first kappa shape index (κ1) is 6.90. The second kappa shape index (κ2) is 2.46. The van der Waals surface area contributed by atoms with Crippen LogP contribution < -0.4 is 0 Å². The van der Waals surface area contributed by atoms with Crippen molar-refractivity contribution in [2.24, 2.45) is 0 Å². The summed E-state index contributed by atoms with van der Waals surface area (Å²) in [6.45, 7) is 0. The van der Waals surface area contributed by atoms with Gasteiger partial charge in [0.25, 0.3) is 0 Å². The van der Waals surface area contributed by atoms with E-state index in [1.165, 1.54) is 21.9 Å². The summed E-state index contributed by atoms with van der Waals surface area (Å²) in [5.41, 5.74) is 2.50. The van der Waals surface area contributed by atoms with Crippen LogP contribution in [-0.2, 0) is 0 Å². The van der Waals surface area contributed by atoms with E-state index in [1.807, 2.05) is 6.08 Å². The summed E-state index contributed by atoms with van der Waals surface area (Å²) in [5.74, 6) is 0. The highest BCUT2D eigenvalue weighted by Gasteiger charge is 2.06. The van der Waals surface area contributed by atoms with Crippen LogP contribution in [-0.4, -0.2) is 0 Å². The van der Waals surface area contributed by atoms with Gasteiger partial charge in [-0.2, -0.15) is 0 Å². The van der Waals surface area contributed by atoms with Crippen molar-refractivity contribution < 1.29 is 0 Å². The smallest absolute Gasteiger partial charge is 0.0138 e. The maximum Gasteiger partial charge on any atom is 0.0138 e. The normalized spacial score (nSPS) is 13.5. The van der Waals surface area contributed by atoms with Crippen LogP contribution in [0.1, 0.15) is 11.1 Å². The number of hydrogen-bond donors (Lipinski definition) is 0. The van der Waals surface area contributed by atoms with Crippen LogP contribution in [0.5, 0.6) is 0 Å². The Balaban J connectivity index is 2.56. The van der Waals surface area contributed by atoms with Crippen molar-refractivity contribution >= 4 is 10.8 Å². The van der Waals surface area contributed by atoms with Crippen molar-refractivity contribution in [1.82, 2.24) is 0 Å². The molecule has 0 bridgehead atoms. The fourth-order valence-corrected chi connectivity index (χ4v) is 1.85. The van der Waals surface area contributed by atoms with Crippen LogP contribution in [0.4, 0.5) is 0 Å². The van der Waals surface area contributed by atoms with Crippen molar-refractivity contribution in [1.29, 1.82) is 0 Å². The molecule has 2 radical (unpaired) electrons. The molecule has 0 unspecified atom stereocenters. The Morgan fingerprint density at radius 3 is 2.69 bits per heavy atom. The zero-order valence-corrected chi connectivity index (χ0v) is 7.12. The summed E-state index contributed by atoms with van der Waals surface area (Å²) in [6, 6.07) is 12.7. The molecule has 0 aromatic heterocycles. The van der Waals surface area contributed by atoms with E-state index in [4.69, 9.17) is 0 Å². The van der Waals surface area contributed by atoms with Gasteiger partial charge in [0.1, 0.15) is 0 Å². The SMILES string of the molecule is [C]1=C[CH]c2cccc3cccc1c23. The minimum absolute atomic E-state index is 1.20. The lowest BCUT2D eigenvalue weighted by Crippen LogP contribution is -1.91. The Morgan fingerprint density at radius 2 is 1.77 bits per heavy atom. The highest BCUT2D eigenvalue weighted by atomic mass is 14.1. The van der Waals surface area contributed by atoms with Crippen LogP contribution in [0.3, 0.4) is 0 Å². The molecular formula is C13H8. The minimum atomic E-state index is 1.20. The number of benzene rings is 2. The van der Waals surface area contributed by atoms with E-state index in [-0.39, 0.29) is 0 Å². The van der Waals surface area contributed by atoms with Crippen LogP contribution in [0.25, 0.3) is 10.8 Å². The van der Waals surface area contributed by atoms with Crippen molar-refractivity contribution in [3.8, 4) is 0 Å². The average Bonchev–Trinajstić information content (AvgIpc) is 2.19. The Labute approximate surface area is 77.5 Å². The van der Waals surface area contributed by atoms with Gasteiger partial charge < -0.3 is 0 Å². The summed E-state index contributed by atoms with van der Waals surface area (Å²) < 4.78 is 0. The van der Waals surface area contributed by atoms with Gasteiger partial charge >= 0.3 is 0 Å². The third kappa shape index (κ3) is 0.919. The second-order valence-corrected chi connectivity index (χ2v) is 3.23. The summed E-state index contributed by atoms with van der Waals surface area (Å²) in [4.78, 5) is 0. The van der Waals surface area contributed by atoms with Crippen LogP contribution in [0.2, 0.25) is 0 Å². The van der Waals surface area contributed by atoms with E-state index in [9.17, 15) is 0 Å². The molecule has 1 aliphatic rings. The summed E-state index contributed by atoms with van der Waals surface area (Å²) >= 11 is 0. The van der Waals surface area contributed by atoms with Crippen LogP contribution in [0, 0.1) is 12.5 Å². The first-order valence-corrected chi connectivity index (χ1v) is 4.40. The summed E-state index contributed by atoms with van der Waals surface area (Å²) in [7, 11) is 0. The quantitative estimate of drug-likeness (QED) is 0.561. The summed E-state index contributed by atoms with van der Waals surface area (Å²) in [5, 5.41) is 2.62. The number of allylic oxidation sites excluding steroid dienone is 1. The third-order valence-corrected chi connectivity index (χ3v) is 2.44. The molecule has 0 heterocycles. The van der Waals surface area contributed by atoms with Gasteiger partial charge in [-0.15, -0.1) is 0 Å². The molecule has 2 aromatic rings. The second-order valence-electron chi connectivity index (χ2n) is 3.23. The largest absolute Gasteiger partial charge is 0.0675 e. The van der Waals surface area contributed by atoms with Gasteiger partial charge in [0, 0.05) is 6.42 Å². The Kier molecular flexibility index (Phi) is 1.31. The zero-order chi connectivity index (χ0) is 8.67. The molecule has 0 saturated carbocycles. The molecule has 0 fully saturated rings. The van der Waals surface area contributed by atoms with Crippen molar-refractivity contribution in [3.63, 3.8) is 0 Å². The fraction of sp³-hybridized carbons (Fsp3) is 0. The van der Waals surface area contributed by atoms with Gasteiger partial charge in [-0.25, -0.2) is 0 Å². The zero-order valence-electron chi connectivity index (χ0n) is 7.12. The molecule has 0 spiro atoms. The van der Waals surface area contributed by atoms with Crippen molar-refractivity contribution in [2.75, 3.05) is 0 Å². The lowest BCUT2D eigenvalue weighted by atomic mass is 9.93. The van der Waals surface area contributed by atoms with Gasteiger partial charge in [-0.05, 0) is 28.0 Å². The van der Waals surface area contributed by atoms with Gasteiger partial charge in [0.2, 0.25) is 0 Å². The van der Waals surface area contributed by atoms with Crippen molar-refractivity contribution in [2.45, 2.75) is 0 Å². The molecule has 0 aliphatic heterocycles. The van der Waals surface area contributed by atoms with Gasteiger partial charge in [-0.1, -0.05) is 42.5 Å². The predicted octanol–water partition coefficient (Wildman–Crippen LogP) is 3.11. The highest BCUT2D eigenvalue weighted by Crippen LogP contribution is 2.27. The molecule has 0 amide bonds. The molecular weight excluding hydrogens is 156 g/mol. The molecule has 0 atom stereocenters. The number of hydrogen-bond acceptors (Lipinski definition) is 0. The van der Waals surface area contributed by atoms with Gasteiger partial charge in [-0.3, -0.25) is 0 Å². The predicted molar refractivity (Wildman–Crippen MR) is 54.3 cm³/mol. The van der Waals surface area contributed by atoms with E-state index < -0.39 is 0 Å². The molecule has 0 heteroatoms. The standard InChI is InChI=1S/C13H8/c1-4-10-6-2-8-12-9-3-7-11(5-1)13(10)12/h1-8H. The molecule has 60 valence electrons. The Hall–Kier alpha value is -1.56. The average molecular weight is 164 g/mol. The van der Waals surface area contributed by atoms with E-state index >= 15 is 0 Å². The molecule has 0 N–H and O–H groups in total. The topological polar surface area (TPSA) is 0 Å². The van der Waals surface area contributed by atoms with E-state index in [1.54, 1.807) is 0 Å². The lowest BCUT2D eigenvalue weighted by molar-refractivity contribution is 1.48. The molecule has 1 aliphatic carbocycles. The monoisotopic (exact) mass is 164 g/mol.